The Morgan fingerprint density at radius 2 is 2.16 bits per heavy atom. The summed E-state index contributed by atoms with van der Waals surface area (Å²) in [4.78, 5) is 15.5. The Balaban J connectivity index is 2.19. The number of aromatic nitrogens is 2. The number of carboxylic acids is 1. The number of aromatic carboxylic acids is 1. The molecule has 19 heavy (non-hydrogen) atoms. The molecule has 1 fully saturated rings. The maximum absolute atomic E-state index is 11.3. The highest BCUT2D eigenvalue weighted by Crippen LogP contribution is 2.31. The highest BCUT2D eigenvalue weighted by atomic mass is 16.5. The first-order valence-electron chi connectivity index (χ1n) is 6.19. The fourth-order valence-electron chi connectivity index (χ4n) is 2.54. The fraction of sp³-hybridized carbons (Fsp3) is 0.385. The van der Waals surface area contributed by atoms with Gasteiger partial charge in [-0.25, -0.2) is 9.78 Å². The van der Waals surface area contributed by atoms with Crippen LogP contribution >= 0.6 is 0 Å². The summed E-state index contributed by atoms with van der Waals surface area (Å²) in [6.07, 6.45) is 3.36. The van der Waals surface area contributed by atoms with Gasteiger partial charge in [0, 0.05) is 25.3 Å². The molecule has 6 nitrogen and oxygen atoms in total. The van der Waals surface area contributed by atoms with Gasteiger partial charge in [0.1, 0.15) is 17.1 Å². The van der Waals surface area contributed by atoms with Gasteiger partial charge < -0.3 is 14.9 Å². The summed E-state index contributed by atoms with van der Waals surface area (Å²) in [5.74, 6) is -0.342. The molecule has 0 aromatic carbocycles. The van der Waals surface area contributed by atoms with Gasteiger partial charge in [-0.15, -0.1) is 0 Å². The molecule has 2 aromatic heterocycles. The summed E-state index contributed by atoms with van der Waals surface area (Å²) >= 11 is 0. The van der Waals surface area contributed by atoms with E-state index >= 15 is 0 Å². The van der Waals surface area contributed by atoms with E-state index in [0.29, 0.717) is 19.0 Å². The van der Waals surface area contributed by atoms with Gasteiger partial charge in [0.15, 0.2) is 5.69 Å². The number of hydrogen-bond acceptors (Lipinski definition) is 4. The van der Waals surface area contributed by atoms with Gasteiger partial charge in [-0.3, -0.25) is 4.40 Å². The topological polar surface area (TPSA) is 84.1 Å². The molecule has 0 radical (unpaired) electrons. The first-order chi connectivity index (χ1) is 9.18. The van der Waals surface area contributed by atoms with Gasteiger partial charge in [-0.2, -0.15) is 0 Å². The highest BCUT2D eigenvalue weighted by molar-refractivity contribution is 5.95. The van der Waals surface area contributed by atoms with Gasteiger partial charge in [0.05, 0.1) is 0 Å². The largest absolute Gasteiger partial charge is 0.506 e. The van der Waals surface area contributed by atoms with Crippen molar-refractivity contribution < 1.29 is 19.7 Å². The Labute approximate surface area is 109 Å². The molecule has 0 unspecified atom stereocenters. The van der Waals surface area contributed by atoms with Crippen LogP contribution in [0.25, 0.3) is 5.52 Å². The predicted molar refractivity (Wildman–Crippen MR) is 66.6 cm³/mol. The van der Waals surface area contributed by atoms with Crippen molar-refractivity contribution in [1.82, 2.24) is 9.38 Å². The minimum atomic E-state index is -1.13. The van der Waals surface area contributed by atoms with Crippen LogP contribution in [0.1, 0.15) is 35.1 Å². The molecule has 0 atom stereocenters. The fourth-order valence-corrected chi connectivity index (χ4v) is 2.54. The number of carboxylic acid groups (broad SMARTS) is 1. The van der Waals surface area contributed by atoms with E-state index in [0.717, 1.165) is 12.8 Å². The van der Waals surface area contributed by atoms with E-state index in [1.54, 1.807) is 16.7 Å². The third-order valence-electron chi connectivity index (χ3n) is 3.46. The summed E-state index contributed by atoms with van der Waals surface area (Å²) in [5.41, 5.74) is 0.163. The van der Waals surface area contributed by atoms with Crippen LogP contribution in [0.2, 0.25) is 0 Å². The minimum absolute atomic E-state index is 0.0642. The van der Waals surface area contributed by atoms with E-state index in [9.17, 15) is 15.0 Å². The van der Waals surface area contributed by atoms with E-state index < -0.39 is 5.97 Å². The summed E-state index contributed by atoms with van der Waals surface area (Å²) in [7, 11) is 0. The summed E-state index contributed by atoms with van der Waals surface area (Å²) in [6.45, 7) is 1.31. The molecule has 3 heterocycles. The molecule has 1 aliphatic rings. The molecule has 1 aliphatic heterocycles. The molecule has 2 N–H and O–H groups in total. The molecule has 1 saturated heterocycles. The lowest BCUT2D eigenvalue weighted by molar-refractivity contribution is 0.0692. The van der Waals surface area contributed by atoms with Crippen molar-refractivity contribution in [1.29, 1.82) is 0 Å². The summed E-state index contributed by atoms with van der Waals surface area (Å²) < 4.78 is 6.98. The molecule has 3 rings (SSSR count). The monoisotopic (exact) mass is 262 g/mol. The molecule has 0 spiro atoms. The molecule has 2 aromatic rings. The van der Waals surface area contributed by atoms with Crippen LogP contribution in [-0.2, 0) is 4.74 Å². The van der Waals surface area contributed by atoms with E-state index in [4.69, 9.17) is 4.74 Å². The second kappa shape index (κ2) is 4.55. The SMILES string of the molecule is O=C(O)c1nc(C2CCOCC2)n2cccc(O)c12. The zero-order valence-corrected chi connectivity index (χ0v) is 10.2. The van der Waals surface area contributed by atoms with Gasteiger partial charge >= 0.3 is 5.97 Å². The van der Waals surface area contributed by atoms with Crippen LogP contribution in [0.15, 0.2) is 18.3 Å². The predicted octanol–water partition coefficient (Wildman–Crippen LogP) is 1.63. The number of aromatic hydroxyl groups is 1. The number of nitrogens with zero attached hydrogens (tertiary/aromatic N) is 2. The number of rotatable bonds is 2. The second-order valence-corrected chi connectivity index (χ2v) is 4.62. The number of imidazole rings is 1. The van der Waals surface area contributed by atoms with Crippen molar-refractivity contribution in [2.24, 2.45) is 0 Å². The molecule has 0 bridgehead atoms. The van der Waals surface area contributed by atoms with Crippen molar-refractivity contribution >= 4 is 11.5 Å². The molecular formula is C13H14N2O4. The Bertz CT molecular complexity index is 629. The Morgan fingerprint density at radius 3 is 2.84 bits per heavy atom. The summed E-state index contributed by atoms with van der Waals surface area (Å²) in [5, 5.41) is 19.1. The van der Waals surface area contributed by atoms with Gasteiger partial charge in [-0.1, -0.05) is 0 Å². The van der Waals surface area contributed by atoms with Crippen LogP contribution in [0, 0.1) is 0 Å². The van der Waals surface area contributed by atoms with Crippen molar-refractivity contribution in [2.45, 2.75) is 18.8 Å². The van der Waals surface area contributed by atoms with E-state index in [1.807, 2.05) is 0 Å². The van der Waals surface area contributed by atoms with Gasteiger partial charge in [-0.05, 0) is 25.0 Å². The highest BCUT2D eigenvalue weighted by Gasteiger charge is 2.25. The zero-order valence-electron chi connectivity index (χ0n) is 10.2. The van der Waals surface area contributed by atoms with Crippen LogP contribution in [0.5, 0.6) is 5.75 Å². The van der Waals surface area contributed by atoms with Crippen LogP contribution in [0.3, 0.4) is 0 Å². The Hall–Kier alpha value is -2.08. The first-order valence-corrected chi connectivity index (χ1v) is 6.19. The zero-order chi connectivity index (χ0) is 13.4. The maximum Gasteiger partial charge on any atom is 0.356 e. The average molecular weight is 262 g/mol. The van der Waals surface area contributed by atoms with E-state index in [1.165, 1.54) is 6.07 Å². The molecule has 6 heteroatoms. The van der Waals surface area contributed by atoms with Crippen molar-refractivity contribution in [3.8, 4) is 5.75 Å². The molecule has 0 saturated carbocycles. The number of carbonyl (C=O) groups is 1. The third kappa shape index (κ3) is 1.94. The normalized spacial score (nSPS) is 16.8. The van der Waals surface area contributed by atoms with Crippen molar-refractivity contribution in [2.75, 3.05) is 13.2 Å². The average Bonchev–Trinajstić information content (AvgIpc) is 2.81. The van der Waals surface area contributed by atoms with Gasteiger partial charge in [0.2, 0.25) is 0 Å². The minimum Gasteiger partial charge on any atom is -0.506 e. The van der Waals surface area contributed by atoms with Crippen LogP contribution < -0.4 is 0 Å². The lowest BCUT2D eigenvalue weighted by Crippen LogP contribution is -2.16. The standard InChI is InChI=1S/C13H14N2O4/c16-9-2-1-5-15-11(9)10(13(17)18)14-12(15)8-3-6-19-7-4-8/h1-2,5,8,16H,3-4,6-7H2,(H,17,18). The Morgan fingerprint density at radius 1 is 1.42 bits per heavy atom. The molecule has 0 amide bonds. The van der Waals surface area contributed by atoms with Crippen LogP contribution in [-0.4, -0.2) is 38.8 Å². The molecule has 100 valence electrons. The number of ether oxygens (including phenoxy) is 1. The smallest absolute Gasteiger partial charge is 0.356 e. The first kappa shape index (κ1) is 12.0. The number of pyridine rings is 1. The second-order valence-electron chi connectivity index (χ2n) is 4.62. The maximum atomic E-state index is 11.3. The lowest BCUT2D eigenvalue weighted by atomic mass is 10.00. The molecular weight excluding hydrogens is 248 g/mol. The molecule has 0 aliphatic carbocycles. The number of fused-ring (bicyclic) bond motifs is 1. The quantitative estimate of drug-likeness (QED) is 0.859. The Kier molecular flexibility index (Phi) is 2.87. The van der Waals surface area contributed by atoms with Crippen molar-refractivity contribution in [3.05, 3.63) is 29.8 Å². The number of hydrogen-bond donors (Lipinski definition) is 2. The van der Waals surface area contributed by atoms with E-state index in [-0.39, 0.29) is 22.9 Å². The van der Waals surface area contributed by atoms with Crippen molar-refractivity contribution in [3.63, 3.8) is 0 Å². The lowest BCUT2D eigenvalue weighted by Gasteiger charge is -2.20. The van der Waals surface area contributed by atoms with Gasteiger partial charge in [0.25, 0.3) is 0 Å². The van der Waals surface area contributed by atoms with Crippen LogP contribution in [0.4, 0.5) is 0 Å². The third-order valence-corrected chi connectivity index (χ3v) is 3.46. The van der Waals surface area contributed by atoms with E-state index in [2.05, 4.69) is 4.98 Å². The summed E-state index contributed by atoms with van der Waals surface area (Å²) in [6, 6.07) is 3.15.